The first-order chi connectivity index (χ1) is 18.7. The number of primary amides is 1. The molecule has 4 amide bonds. The van der Waals surface area contributed by atoms with Gasteiger partial charge in [-0.25, -0.2) is 4.79 Å². The lowest BCUT2D eigenvalue weighted by atomic mass is 9.93. The summed E-state index contributed by atoms with van der Waals surface area (Å²) in [5.41, 5.74) is 8.07. The molecule has 9 nitrogen and oxygen atoms in total. The van der Waals surface area contributed by atoms with E-state index in [1.165, 1.54) is 4.90 Å². The zero-order chi connectivity index (χ0) is 30.0. The molecule has 0 aliphatic rings. The molecule has 3 unspecified atom stereocenters. The highest BCUT2D eigenvalue weighted by molar-refractivity contribution is 5.93. The largest absolute Gasteiger partial charge is 0.444 e. The number of hydrogen-bond acceptors (Lipinski definition) is 5. The number of benzene rings is 2. The lowest BCUT2D eigenvalue weighted by Gasteiger charge is -2.39. The highest BCUT2D eigenvalue weighted by atomic mass is 16.6. The number of carbonyl (C=O) groups excluding carboxylic acids is 4. The van der Waals surface area contributed by atoms with Crippen LogP contribution in [0.5, 0.6) is 0 Å². The molecule has 40 heavy (non-hydrogen) atoms. The Balaban J connectivity index is 2.56. The summed E-state index contributed by atoms with van der Waals surface area (Å²) in [6, 6.07) is 12.7. The van der Waals surface area contributed by atoms with Gasteiger partial charge in [0, 0.05) is 19.0 Å². The maximum absolute atomic E-state index is 14.3. The first kappa shape index (κ1) is 32.3. The average Bonchev–Trinajstić information content (AvgIpc) is 2.88. The number of aryl methyl sites for hydroxylation is 1. The van der Waals surface area contributed by atoms with Crippen molar-refractivity contribution in [3.63, 3.8) is 0 Å². The van der Waals surface area contributed by atoms with Gasteiger partial charge < -0.3 is 26.0 Å². The maximum Gasteiger partial charge on any atom is 0.408 e. The van der Waals surface area contributed by atoms with Gasteiger partial charge >= 0.3 is 6.09 Å². The minimum Gasteiger partial charge on any atom is -0.444 e. The van der Waals surface area contributed by atoms with E-state index >= 15 is 0 Å². The van der Waals surface area contributed by atoms with Gasteiger partial charge in [0.05, 0.1) is 0 Å². The Hall–Kier alpha value is -3.88. The van der Waals surface area contributed by atoms with Gasteiger partial charge in [-0.2, -0.15) is 0 Å². The molecule has 0 fully saturated rings. The van der Waals surface area contributed by atoms with Gasteiger partial charge in [-0.3, -0.25) is 14.4 Å². The van der Waals surface area contributed by atoms with E-state index in [2.05, 4.69) is 10.6 Å². The number of alkyl carbamates (subject to hydrolysis) is 1. The number of nitrogens with zero attached hydrogens (tertiary/aromatic N) is 1. The van der Waals surface area contributed by atoms with Crippen molar-refractivity contribution in [3.05, 3.63) is 70.8 Å². The quantitative estimate of drug-likeness (QED) is 0.358. The molecular weight excluding hydrogens is 508 g/mol. The zero-order valence-corrected chi connectivity index (χ0v) is 24.7. The van der Waals surface area contributed by atoms with Gasteiger partial charge in [0.1, 0.15) is 17.7 Å². The Bertz CT molecular complexity index is 1180. The summed E-state index contributed by atoms with van der Waals surface area (Å²) < 4.78 is 5.39. The molecule has 0 spiro atoms. The Morgan fingerprint density at radius 2 is 1.65 bits per heavy atom. The van der Waals surface area contributed by atoms with E-state index in [-0.39, 0.29) is 31.3 Å². The molecule has 3 atom stereocenters. The van der Waals surface area contributed by atoms with Gasteiger partial charge in [-0.05, 0) is 76.6 Å². The third-order valence-electron chi connectivity index (χ3n) is 6.77. The fourth-order valence-electron chi connectivity index (χ4n) is 4.34. The van der Waals surface area contributed by atoms with Gasteiger partial charge in [0.2, 0.25) is 17.7 Å². The second kappa shape index (κ2) is 14.5. The highest BCUT2D eigenvalue weighted by Crippen LogP contribution is 2.30. The number of carbonyl (C=O) groups is 4. The third-order valence-corrected chi connectivity index (χ3v) is 6.77. The molecule has 2 rings (SSSR count). The average molecular weight is 553 g/mol. The van der Waals surface area contributed by atoms with Crippen molar-refractivity contribution in [2.75, 3.05) is 0 Å². The molecule has 0 saturated carbocycles. The molecule has 4 N–H and O–H groups in total. The van der Waals surface area contributed by atoms with E-state index < -0.39 is 35.6 Å². The summed E-state index contributed by atoms with van der Waals surface area (Å²) in [7, 11) is 0. The van der Waals surface area contributed by atoms with Crippen molar-refractivity contribution in [1.29, 1.82) is 0 Å². The summed E-state index contributed by atoms with van der Waals surface area (Å²) in [5, 5.41) is 5.63. The topological polar surface area (TPSA) is 131 Å². The standard InChI is InChI=1S/C31H44N4O5/c1-8-21(3)35(29(38)25(17-18-26(32)36)34-30(39)40-31(5,6)7)27(24-16-12-13-20(2)22(24)4)28(37)33-19-23-14-10-9-11-15-23/h9-16,21,25,27H,8,17-19H2,1-7H3,(H2,32,36)(H,33,37)(H,34,39). The number of nitrogens with one attached hydrogen (secondary N) is 2. The van der Waals surface area contributed by atoms with Crippen LogP contribution in [0.2, 0.25) is 0 Å². The number of ether oxygens (including phenoxy) is 1. The van der Waals surface area contributed by atoms with Crippen molar-refractivity contribution < 1.29 is 23.9 Å². The normalized spacial score (nSPS) is 13.5. The summed E-state index contributed by atoms with van der Waals surface area (Å²) in [6.45, 7) is 13.1. The number of nitrogens with two attached hydrogens (primary N) is 1. The number of amides is 4. The van der Waals surface area contributed by atoms with Gasteiger partial charge in [0.25, 0.3) is 0 Å². The zero-order valence-electron chi connectivity index (χ0n) is 24.7. The highest BCUT2D eigenvalue weighted by Gasteiger charge is 2.39. The summed E-state index contributed by atoms with van der Waals surface area (Å²) in [5.74, 6) is -1.45. The van der Waals surface area contributed by atoms with Crippen LogP contribution in [0.3, 0.4) is 0 Å². The Morgan fingerprint density at radius 3 is 2.23 bits per heavy atom. The van der Waals surface area contributed by atoms with Crippen LogP contribution in [0.15, 0.2) is 48.5 Å². The van der Waals surface area contributed by atoms with Gasteiger partial charge in [0.15, 0.2) is 0 Å². The number of hydrogen-bond donors (Lipinski definition) is 3. The lowest BCUT2D eigenvalue weighted by Crippen LogP contribution is -2.55. The predicted molar refractivity (Wildman–Crippen MR) is 155 cm³/mol. The minimum absolute atomic E-state index is 0.0362. The third kappa shape index (κ3) is 9.39. The molecule has 0 heterocycles. The summed E-state index contributed by atoms with van der Waals surface area (Å²) >= 11 is 0. The molecule has 0 aliphatic heterocycles. The van der Waals surface area contributed by atoms with E-state index in [1.54, 1.807) is 20.8 Å². The van der Waals surface area contributed by atoms with Crippen LogP contribution < -0.4 is 16.4 Å². The van der Waals surface area contributed by atoms with Crippen molar-refractivity contribution in [3.8, 4) is 0 Å². The van der Waals surface area contributed by atoms with Gasteiger partial charge in [-0.15, -0.1) is 0 Å². The lowest BCUT2D eigenvalue weighted by molar-refractivity contribution is -0.145. The first-order valence-electron chi connectivity index (χ1n) is 13.7. The van der Waals surface area contributed by atoms with Crippen LogP contribution >= 0.6 is 0 Å². The summed E-state index contributed by atoms with van der Waals surface area (Å²) in [6.07, 6.45) is -0.412. The number of rotatable bonds is 12. The van der Waals surface area contributed by atoms with E-state index in [0.717, 1.165) is 16.7 Å². The van der Waals surface area contributed by atoms with Crippen LogP contribution in [0.1, 0.15) is 82.2 Å². The molecule has 2 aromatic rings. The van der Waals surface area contributed by atoms with Crippen LogP contribution in [0, 0.1) is 13.8 Å². The summed E-state index contributed by atoms with van der Waals surface area (Å²) in [4.78, 5) is 54.1. The Morgan fingerprint density at radius 1 is 1.00 bits per heavy atom. The Labute approximate surface area is 237 Å². The molecular formula is C31H44N4O5. The molecule has 0 aromatic heterocycles. The maximum atomic E-state index is 14.3. The van der Waals surface area contributed by atoms with Crippen LogP contribution in [-0.4, -0.2) is 46.4 Å². The molecule has 2 aromatic carbocycles. The molecule has 218 valence electrons. The second-order valence-corrected chi connectivity index (χ2v) is 11.1. The molecule has 0 radical (unpaired) electrons. The van der Waals surface area contributed by atoms with Crippen molar-refractivity contribution in [1.82, 2.24) is 15.5 Å². The van der Waals surface area contributed by atoms with Crippen molar-refractivity contribution >= 4 is 23.8 Å². The molecule has 0 bridgehead atoms. The SMILES string of the molecule is CCC(C)N(C(=O)C(CCC(N)=O)NC(=O)OC(C)(C)C)C(C(=O)NCc1ccccc1)c1cccc(C)c1C. The van der Waals surface area contributed by atoms with Crippen molar-refractivity contribution in [2.24, 2.45) is 5.73 Å². The van der Waals surface area contributed by atoms with E-state index in [0.29, 0.717) is 12.0 Å². The monoisotopic (exact) mass is 552 g/mol. The van der Waals surface area contributed by atoms with Crippen LogP contribution in [-0.2, 0) is 25.7 Å². The predicted octanol–water partition coefficient (Wildman–Crippen LogP) is 4.45. The second-order valence-electron chi connectivity index (χ2n) is 11.1. The molecule has 0 saturated heterocycles. The van der Waals surface area contributed by atoms with Crippen LogP contribution in [0.25, 0.3) is 0 Å². The molecule has 9 heteroatoms. The van der Waals surface area contributed by atoms with E-state index in [9.17, 15) is 19.2 Å². The Kier molecular flexibility index (Phi) is 11.7. The van der Waals surface area contributed by atoms with Gasteiger partial charge in [-0.1, -0.05) is 55.5 Å². The first-order valence-corrected chi connectivity index (χ1v) is 13.7. The minimum atomic E-state index is -1.13. The fourth-order valence-corrected chi connectivity index (χ4v) is 4.34. The molecule has 0 aliphatic carbocycles. The van der Waals surface area contributed by atoms with Crippen molar-refractivity contribution in [2.45, 2.75) is 98.0 Å². The smallest absolute Gasteiger partial charge is 0.408 e. The van der Waals surface area contributed by atoms with Crippen LogP contribution in [0.4, 0.5) is 4.79 Å². The van der Waals surface area contributed by atoms with E-state index in [4.69, 9.17) is 10.5 Å². The van der Waals surface area contributed by atoms with E-state index in [1.807, 2.05) is 76.2 Å². The fraction of sp³-hybridized carbons (Fsp3) is 0.484.